The fraction of sp³-hybridized carbons (Fsp3) is 0.588. The maximum atomic E-state index is 4.63. The van der Waals surface area contributed by atoms with Gasteiger partial charge in [-0.25, -0.2) is 0 Å². The second-order valence-electron chi connectivity index (χ2n) is 7.21. The van der Waals surface area contributed by atoms with E-state index in [1.165, 1.54) is 10.9 Å². The first-order chi connectivity index (χ1) is 9.35. The van der Waals surface area contributed by atoms with Crippen molar-refractivity contribution in [2.24, 2.45) is 23.8 Å². The molecule has 0 saturated heterocycles. The highest BCUT2D eigenvalue weighted by Crippen LogP contribution is 2.67. The molecule has 0 atom stereocenters. The summed E-state index contributed by atoms with van der Waals surface area (Å²) in [6.45, 7) is 11.4. The lowest BCUT2D eigenvalue weighted by Gasteiger charge is -2.04. The second-order valence-corrected chi connectivity index (χ2v) is 7.21. The molecule has 0 bridgehead atoms. The van der Waals surface area contributed by atoms with E-state index in [1.807, 2.05) is 11.7 Å². The number of fused-ring (bicyclic) bond motifs is 1. The molecule has 3 nitrogen and oxygen atoms in total. The fourth-order valence-electron chi connectivity index (χ4n) is 3.60. The first kappa shape index (κ1) is 13.6. The number of aryl methyl sites for hydroxylation is 1. The molecule has 1 aromatic carbocycles. The van der Waals surface area contributed by atoms with E-state index in [1.54, 1.807) is 0 Å². The molecule has 0 amide bonds. The lowest BCUT2D eigenvalue weighted by atomic mass is 10.0. The Labute approximate surface area is 121 Å². The summed E-state index contributed by atoms with van der Waals surface area (Å²) < 4.78 is 1.97. The number of rotatable bonds is 4. The number of para-hydroxylation sites is 1. The maximum Gasteiger partial charge on any atom is 0.0841 e. The molecule has 0 aliphatic heterocycles. The van der Waals surface area contributed by atoms with Crippen LogP contribution in [0.15, 0.2) is 24.3 Å². The van der Waals surface area contributed by atoms with Gasteiger partial charge in [-0.15, -0.1) is 0 Å². The van der Waals surface area contributed by atoms with Crippen molar-refractivity contribution in [3.8, 4) is 0 Å². The summed E-state index contributed by atoms with van der Waals surface area (Å²) in [4.78, 5) is 0. The van der Waals surface area contributed by atoms with E-state index in [2.05, 4.69) is 62.4 Å². The summed E-state index contributed by atoms with van der Waals surface area (Å²) in [7, 11) is 2.01. The average molecular weight is 271 g/mol. The molecule has 3 rings (SSSR count). The van der Waals surface area contributed by atoms with Crippen molar-refractivity contribution in [3.63, 3.8) is 0 Å². The van der Waals surface area contributed by atoms with Crippen molar-refractivity contribution in [1.82, 2.24) is 15.1 Å². The van der Waals surface area contributed by atoms with Crippen LogP contribution in [0.2, 0.25) is 0 Å². The zero-order chi connectivity index (χ0) is 14.5. The Hall–Kier alpha value is -1.35. The van der Waals surface area contributed by atoms with Crippen LogP contribution in [0.1, 0.15) is 33.4 Å². The number of aromatic nitrogens is 2. The highest BCUT2D eigenvalue weighted by Gasteiger charge is 2.63. The maximum absolute atomic E-state index is 4.63. The Morgan fingerprint density at radius 3 is 2.45 bits per heavy atom. The van der Waals surface area contributed by atoms with E-state index < -0.39 is 0 Å². The zero-order valence-corrected chi connectivity index (χ0v) is 13.2. The molecule has 0 spiro atoms. The van der Waals surface area contributed by atoms with E-state index in [-0.39, 0.29) is 0 Å². The van der Waals surface area contributed by atoms with E-state index >= 15 is 0 Å². The Morgan fingerprint density at radius 1 is 1.15 bits per heavy atom. The van der Waals surface area contributed by atoms with Crippen LogP contribution in [0.4, 0.5) is 0 Å². The molecule has 0 unspecified atom stereocenters. The van der Waals surface area contributed by atoms with Crippen LogP contribution in [0.25, 0.3) is 10.9 Å². The van der Waals surface area contributed by atoms with E-state index in [0.717, 1.165) is 24.7 Å². The molecule has 0 radical (unpaired) electrons. The lowest BCUT2D eigenvalue weighted by Crippen LogP contribution is -2.19. The monoisotopic (exact) mass is 271 g/mol. The van der Waals surface area contributed by atoms with Gasteiger partial charge in [0.25, 0.3) is 0 Å². The Bertz CT molecular complexity index is 623. The van der Waals surface area contributed by atoms with E-state index in [0.29, 0.717) is 10.8 Å². The number of nitrogens with zero attached hydrogens (tertiary/aromatic N) is 2. The van der Waals surface area contributed by atoms with Crippen LogP contribution in [-0.4, -0.2) is 16.3 Å². The summed E-state index contributed by atoms with van der Waals surface area (Å²) in [6, 6.07) is 8.43. The van der Waals surface area contributed by atoms with Crippen LogP contribution >= 0.6 is 0 Å². The first-order valence-electron chi connectivity index (χ1n) is 7.47. The van der Waals surface area contributed by atoms with Gasteiger partial charge in [0.05, 0.1) is 11.2 Å². The Balaban J connectivity index is 1.67. The minimum Gasteiger partial charge on any atom is -0.311 e. The van der Waals surface area contributed by atoms with Crippen molar-refractivity contribution in [2.45, 2.75) is 34.2 Å². The van der Waals surface area contributed by atoms with Crippen molar-refractivity contribution in [3.05, 3.63) is 30.0 Å². The molecular formula is C17H25N3. The predicted molar refractivity (Wildman–Crippen MR) is 83.5 cm³/mol. The zero-order valence-electron chi connectivity index (χ0n) is 13.2. The molecule has 2 aromatic rings. The molecule has 1 aliphatic carbocycles. The summed E-state index contributed by atoms with van der Waals surface area (Å²) in [5.41, 5.74) is 3.26. The molecule has 1 aromatic heterocycles. The Morgan fingerprint density at radius 2 is 1.80 bits per heavy atom. The highest BCUT2D eigenvalue weighted by molar-refractivity contribution is 5.81. The van der Waals surface area contributed by atoms with Gasteiger partial charge in [0.15, 0.2) is 0 Å². The number of nitrogens with one attached hydrogen (secondary N) is 1. The largest absolute Gasteiger partial charge is 0.311 e. The molecule has 1 aliphatic rings. The van der Waals surface area contributed by atoms with Gasteiger partial charge >= 0.3 is 0 Å². The van der Waals surface area contributed by atoms with Crippen molar-refractivity contribution in [2.75, 3.05) is 6.54 Å². The third-order valence-electron chi connectivity index (χ3n) is 5.79. The van der Waals surface area contributed by atoms with E-state index in [4.69, 9.17) is 0 Å². The van der Waals surface area contributed by atoms with Gasteiger partial charge in [-0.1, -0.05) is 45.9 Å². The standard InChI is InChI=1S/C17H25N3/c1-16(2)15(17(16,3)4)11-18-10-13-12-8-6-7-9-14(12)20(5)19-13/h6-9,15,18H,10-11H2,1-5H3. The summed E-state index contributed by atoms with van der Waals surface area (Å²) in [5.74, 6) is 0.755. The van der Waals surface area contributed by atoms with Gasteiger partial charge in [-0.3, -0.25) is 4.68 Å². The van der Waals surface area contributed by atoms with Crippen molar-refractivity contribution < 1.29 is 0 Å². The first-order valence-corrected chi connectivity index (χ1v) is 7.47. The van der Waals surface area contributed by atoms with Gasteiger partial charge in [-0.05, 0) is 29.4 Å². The highest BCUT2D eigenvalue weighted by atomic mass is 15.3. The third-order valence-corrected chi connectivity index (χ3v) is 5.79. The van der Waals surface area contributed by atoms with Crippen LogP contribution in [0.3, 0.4) is 0 Å². The average Bonchev–Trinajstić information content (AvgIpc) is 2.68. The van der Waals surface area contributed by atoms with Gasteiger partial charge in [0.1, 0.15) is 0 Å². The summed E-state index contributed by atoms with van der Waals surface area (Å²) in [5, 5.41) is 9.50. The van der Waals surface area contributed by atoms with Gasteiger partial charge < -0.3 is 5.32 Å². The normalized spacial score (nSPS) is 20.4. The molecule has 20 heavy (non-hydrogen) atoms. The van der Waals surface area contributed by atoms with Crippen molar-refractivity contribution >= 4 is 10.9 Å². The summed E-state index contributed by atoms with van der Waals surface area (Å²) in [6.07, 6.45) is 0. The Kier molecular flexibility index (Phi) is 2.94. The van der Waals surface area contributed by atoms with Crippen LogP contribution in [0.5, 0.6) is 0 Å². The third kappa shape index (κ3) is 1.87. The molecule has 108 valence electrons. The molecule has 1 saturated carbocycles. The quantitative estimate of drug-likeness (QED) is 0.924. The number of hydrogen-bond donors (Lipinski definition) is 1. The predicted octanol–water partition coefficient (Wildman–Crippen LogP) is 3.35. The molecule has 1 N–H and O–H groups in total. The molecule has 1 fully saturated rings. The number of hydrogen-bond acceptors (Lipinski definition) is 2. The van der Waals surface area contributed by atoms with Crippen molar-refractivity contribution in [1.29, 1.82) is 0 Å². The SMILES string of the molecule is Cn1nc(CNCC2C(C)(C)C2(C)C)c2ccccc21. The topological polar surface area (TPSA) is 29.9 Å². The summed E-state index contributed by atoms with van der Waals surface area (Å²) >= 11 is 0. The van der Waals surface area contributed by atoms with Gasteiger partial charge in [0.2, 0.25) is 0 Å². The minimum absolute atomic E-state index is 0.451. The van der Waals surface area contributed by atoms with Crippen LogP contribution in [0, 0.1) is 16.7 Å². The van der Waals surface area contributed by atoms with Crippen LogP contribution in [-0.2, 0) is 13.6 Å². The molecule has 1 heterocycles. The van der Waals surface area contributed by atoms with Gasteiger partial charge in [-0.2, -0.15) is 5.10 Å². The minimum atomic E-state index is 0.451. The molecular weight excluding hydrogens is 246 g/mol. The second kappa shape index (κ2) is 4.32. The van der Waals surface area contributed by atoms with Gasteiger partial charge in [0, 0.05) is 19.0 Å². The fourth-order valence-corrected chi connectivity index (χ4v) is 3.60. The smallest absolute Gasteiger partial charge is 0.0841 e. The van der Waals surface area contributed by atoms with Crippen LogP contribution < -0.4 is 5.32 Å². The molecule has 3 heteroatoms. The lowest BCUT2D eigenvalue weighted by molar-refractivity contribution is 0.457. The number of benzene rings is 1. The van der Waals surface area contributed by atoms with E-state index in [9.17, 15) is 0 Å².